The van der Waals surface area contributed by atoms with Gasteiger partial charge in [0.25, 0.3) is 0 Å². The Labute approximate surface area is 133 Å². The summed E-state index contributed by atoms with van der Waals surface area (Å²) in [4.78, 5) is 16.2. The van der Waals surface area contributed by atoms with E-state index < -0.39 is 0 Å². The number of halogens is 1. The molecule has 0 saturated heterocycles. The summed E-state index contributed by atoms with van der Waals surface area (Å²) < 4.78 is 4.80. The van der Waals surface area contributed by atoms with E-state index in [1.54, 1.807) is 12.3 Å². The van der Waals surface area contributed by atoms with Crippen LogP contribution in [-0.2, 0) is 4.74 Å². The maximum Gasteiger partial charge on any atom is 0.337 e. The molecule has 22 heavy (non-hydrogen) atoms. The fourth-order valence-electron chi connectivity index (χ4n) is 2.55. The molecule has 0 spiro atoms. The van der Waals surface area contributed by atoms with E-state index in [1.807, 2.05) is 43.3 Å². The number of pyridine rings is 1. The van der Waals surface area contributed by atoms with Crippen molar-refractivity contribution < 1.29 is 9.53 Å². The molecule has 0 aliphatic carbocycles. The van der Waals surface area contributed by atoms with E-state index in [-0.39, 0.29) is 5.97 Å². The van der Waals surface area contributed by atoms with Gasteiger partial charge in [0.05, 0.1) is 23.4 Å². The summed E-state index contributed by atoms with van der Waals surface area (Å²) in [5.41, 5.74) is 3.34. The van der Waals surface area contributed by atoms with Crippen molar-refractivity contribution in [2.75, 3.05) is 7.11 Å². The summed E-state index contributed by atoms with van der Waals surface area (Å²) in [5.74, 6) is -0.350. The average Bonchev–Trinajstić information content (AvgIpc) is 2.53. The van der Waals surface area contributed by atoms with Gasteiger partial charge in [-0.25, -0.2) is 4.79 Å². The molecule has 0 amide bonds. The molecular weight excluding hydrogens is 298 g/mol. The standard InChI is InChI=1S/C18H14ClNO2/c1-11-8-14(19)10-20-17(11)15-5-3-4-12-6-7-13(9-16(12)15)18(21)22-2/h3-10H,1-2H3. The number of carbonyl (C=O) groups is 1. The number of nitrogens with zero attached hydrogens (tertiary/aromatic N) is 1. The van der Waals surface area contributed by atoms with Gasteiger partial charge in [-0.1, -0.05) is 35.9 Å². The molecular formula is C18H14ClNO2. The maximum absolute atomic E-state index is 11.8. The van der Waals surface area contributed by atoms with Crippen LogP contribution in [0, 0.1) is 6.92 Å². The Bertz CT molecular complexity index is 874. The number of methoxy groups -OCH3 is 1. The van der Waals surface area contributed by atoms with Crippen molar-refractivity contribution in [3.8, 4) is 11.3 Å². The van der Waals surface area contributed by atoms with Crippen LogP contribution in [0.3, 0.4) is 0 Å². The summed E-state index contributed by atoms with van der Waals surface area (Å²) in [6.07, 6.45) is 1.63. The summed E-state index contributed by atoms with van der Waals surface area (Å²) in [5, 5.41) is 2.61. The first kappa shape index (κ1) is 14.5. The Balaban J connectivity index is 2.26. The number of carbonyl (C=O) groups excluding carboxylic acids is 1. The minimum Gasteiger partial charge on any atom is -0.465 e. The summed E-state index contributed by atoms with van der Waals surface area (Å²) in [6.45, 7) is 1.97. The Hall–Kier alpha value is -2.39. The van der Waals surface area contributed by atoms with Crippen LogP contribution in [0.2, 0.25) is 5.02 Å². The lowest BCUT2D eigenvalue weighted by atomic mass is 9.97. The molecule has 1 heterocycles. The number of hydrogen-bond acceptors (Lipinski definition) is 3. The van der Waals surface area contributed by atoms with Crippen molar-refractivity contribution in [1.82, 2.24) is 4.98 Å². The van der Waals surface area contributed by atoms with Crippen LogP contribution in [0.1, 0.15) is 15.9 Å². The summed E-state index contributed by atoms with van der Waals surface area (Å²) >= 11 is 5.98. The van der Waals surface area contributed by atoms with E-state index in [9.17, 15) is 4.79 Å². The third-order valence-corrected chi connectivity index (χ3v) is 3.81. The molecule has 3 rings (SSSR count). The van der Waals surface area contributed by atoms with Gasteiger partial charge in [0, 0.05) is 11.8 Å². The lowest BCUT2D eigenvalue weighted by Gasteiger charge is -2.10. The summed E-state index contributed by atoms with van der Waals surface area (Å²) in [6, 6.07) is 13.4. The Morgan fingerprint density at radius 3 is 2.73 bits per heavy atom. The van der Waals surface area contributed by atoms with Crippen LogP contribution in [0.25, 0.3) is 22.0 Å². The molecule has 0 bridgehead atoms. The fourth-order valence-corrected chi connectivity index (χ4v) is 2.76. The number of aryl methyl sites for hydroxylation is 1. The number of esters is 1. The SMILES string of the molecule is COC(=O)c1ccc2cccc(-c3ncc(Cl)cc3C)c2c1. The third kappa shape index (κ3) is 2.55. The number of hydrogen-bond donors (Lipinski definition) is 0. The molecule has 0 atom stereocenters. The van der Waals surface area contributed by atoms with Crippen molar-refractivity contribution in [2.24, 2.45) is 0 Å². The van der Waals surface area contributed by atoms with Crippen molar-refractivity contribution >= 4 is 28.3 Å². The molecule has 0 saturated carbocycles. The van der Waals surface area contributed by atoms with Crippen molar-refractivity contribution in [3.05, 3.63) is 64.8 Å². The first-order valence-corrected chi connectivity index (χ1v) is 7.21. The predicted molar refractivity (Wildman–Crippen MR) is 88.3 cm³/mol. The number of benzene rings is 2. The monoisotopic (exact) mass is 311 g/mol. The second-order valence-corrected chi connectivity index (χ2v) is 5.49. The molecule has 4 heteroatoms. The van der Waals surface area contributed by atoms with Crippen molar-refractivity contribution in [2.45, 2.75) is 6.92 Å². The van der Waals surface area contributed by atoms with E-state index in [0.717, 1.165) is 27.6 Å². The Morgan fingerprint density at radius 1 is 1.18 bits per heavy atom. The van der Waals surface area contributed by atoms with Gasteiger partial charge in [0.1, 0.15) is 0 Å². The fraction of sp³-hybridized carbons (Fsp3) is 0.111. The zero-order valence-corrected chi connectivity index (χ0v) is 13.0. The van der Waals surface area contributed by atoms with Gasteiger partial charge in [-0.3, -0.25) is 4.98 Å². The molecule has 0 radical (unpaired) electrons. The van der Waals surface area contributed by atoms with E-state index in [2.05, 4.69) is 4.98 Å². The zero-order valence-electron chi connectivity index (χ0n) is 12.3. The lowest BCUT2D eigenvalue weighted by Crippen LogP contribution is -2.01. The van der Waals surface area contributed by atoms with E-state index in [0.29, 0.717) is 10.6 Å². The number of ether oxygens (including phenoxy) is 1. The molecule has 0 N–H and O–H groups in total. The molecule has 110 valence electrons. The van der Waals surface area contributed by atoms with Gasteiger partial charge in [-0.05, 0) is 41.5 Å². The highest BCUT2D eigenvalue weighted by Gasteiger charge is 2.11. The number of aromatic nitrogens is 1. The van der Waals surface area contributed by atoms with Crippen LogP contribution in [-0.4, -0.2) is 18.1 Å². The number of fused-ring (bicyclic) bond motifs is 1. The van der Waals surface area contributed by atoms with Gasteiger partial charge >= 0.3 is 5.97 Å². The van der Waals surface area contributed by atoms with Crippen LogP contribution in [0.15, 0.2) is 48.7 Å². The smallest absolute Gasteiger partial charge is 0.337 e. The molecule has 3 nitrogen and oxygen atoms in total. The zero-order chi connectivity index (χ0) is 15.7. The molecule has 0 aliphatic rings. The molecule has 0 unspecified atom stereocenters. The molecule has 3 aromatic rings. The highest BCUT2D eigenvalue weighted by atomic mass is 35.5. The van der Waals surface area contributed by atoms with E-state index in [1.165, 1.54) is 7.11 Å². The van der Waals surface area contributed by atoms with Gasteiger partial charge < -0.3 is 4.74 Å². The molecule has 1 aromatic heterocycles. The first-order valence-electron chi connectivity index (χ1n) is 6.84. The summed E-state index contributed by atoms with van der Waals surface area (Å²) in [7, 11) is 1.38. The van der Waals surface area contributed by atoms with Crippen molar-refractivity contribution in [3.63, 3.8) is 0 Å². The van der Waals surface area contributed by atoms with Crippen LogP contribution in [0.5, 0.6) is 0 Å². The Kier molecular flexibility index (Phi) is 3.82. The van der Waals surface area contributed by atoms with Crippen LogP contribution < -0.4 is 0 Å². The second kappa shape index (κ2) is 5.78. The minimum absolute atomic E-state index is 0.350. The number of rotatable bonds is 2. The highest BCUT2D eigenvalue weighted by Crippen LogP contribution is 2.31. The van der Waals surface area contributed by atoms with Crippen LogP contribution in [0.4, 0.5) is 0 Å². The van der Waals surface area contributed by atoms with Gasteiger partial charge in [-0.2, -0.15) is 0 Å². The first-order chi connectivity index (χ1) is 10.6. The molecule has 2 aromatic carbocycles. The van der Waals surface area contributed by atoms with E-state index in [4.69, 9.17) is 16.3 Å². The topological polar surface area (TPSA) is 39.2 Å². The average molecular weight is 312 g/mol. The second-order valence-electron chi connectivity index (χ2n) is 5.05. The highest BCUT2D eigenvalue weighted by molar-refractivity contribution is 6.30. The Morgan fingerprint density at radius 2 is 2.00 bits per heavy atom. The minimum atomic E-state index is -0.350. The van der Waals surface area contributed by atoms with Gasteiger partial charge in [0.2, 0.25) is 0 Å². The van der Waals surface area contributed by atoms with Crippen LogP contribution >= 0.6 is 11.6 Å². The van der Waals surface area contributed by atoms with Gasteiger partial charge in [0.15, 0.2) is 0 Å². The quantitative estimate of drug-likeness (QED) is 0.647. The van der Waals surface area contributed by atoms with E-state index >= 15 is 0 Å². The maximum atomic E-state index is 11.8. The lowest BCUT2D eigenvalue weighted by molar-refractivity contribution is 0.0601. The normalized spacial score (nSPS) is 10.7. The molecule has 0 aliphatic heterocycles. The predicted octanol–water partition coefficient (Wildman–Crippen LogP) is 4.65. The van der Waals surface area contributed by atoms with Crippen molar-refractivity contribution in [1.29, 1.82) is 0 Å². The largest absolute Gasteiger partial charge is 0.465 e. The van der Waals surface area contributed by atoms with Gasteiger partial charge in [-0.15, -0.1) is 0 Å². The third-order valence-electron chi connectivity index (χ3n) is 3.60. The molecule has 0 fully saturated rings.